The first kappa shape index (κ1) is 29.5. The smallest absolute Gasteiger partial charge is 0.335 e. The Labute approximate surface area is 260 Å². The summed E-state index contributed by atoms with van der Waals surface area (Å²) in [5, 5.41) is 21.9. The van der Waals surface area contributed by atoms with E-state index in [0.717, 1.165) is 18.2 Å². The van der Waals surface area contributed by atoms with Gasteiger partial charge in [-0.15, -0.1) is 0 Å². The summed E-state index contributed by atoms with van der Waals surface area (Å²) in [7, 11) is 0. The van der Waals surface area contributed by atoms with E-state index in [4.69, 9.17) is 19.7 Å². The maximum atomic E-state index is 15.7. The topological polar surface area (TPSA) is 122 Å². The third-order valence-electron chi connectivity index (χ3n) is 8.56. The molecule has 2 aliphatic rings. The molecule has 0 amide bonds. The van der Waals surface area contributed by atoms with Crippen molar-refractivity contribution >= 4 is 17.0 Å². The first-order valence-corrected chi connectivity index (χ1v) is 14.6. The largest absolute Gasteiger partial charge is 0.478 e. The van der Waals surface area contributed by atoms with Crippen molar-refractivity contribution in [3.8, 4) is 23.2 Å². The zero-order valence-electron chi connectivity index (χ0n) is 24.2. The van der Waals surface area contributed by atoms with Gasteiger partial charge in [-0.2, -0.15) is 5.26 Å². The van der Waals surface area contributed by atoms with Crippen LogP contribution in [-0.4, -0.2) is 51.4 Å². The summed E-state index contributed by atoms with van der Waals surface area (Å²) >= 11 is 0. The van der Waals surface area contributed by atoms with Crippen LogP contribution in [0.1, 0.15) is 38.9 Å². The van der Waals surface area contributed by atoms with Crippen molar-refractivity contribution in [3.63, 3.8) is 0 Å². The Bertz CT molecular complexity index is 2040. The number of benzene rings is 3. The maximum Gasteiger partial charge on any atom is 0.335 e. The molecule has 9 nitrogen and oxygen atoms in total. The molecule has 2 aromatic heterocycles. The number of rotatable bonds is 8. The van der Waals surface area contributed by atoms with E-state index in [1.54, 1.807) is 18.2 Å². The molecule has 4 heterocycles. The van der Waals surface area contributed by atoms with Crippen LogP contribution in [-0.2, 0) is 17.8 Å². The van der Waals surface area contributed by atoms with Crippen molar-refractivity contribution in [2.24, 2.45) is 5.92 Å². The van der Waals surface area contributed by atoms with E-state index in [-0.39, 0.29) is 70.5 Å². The number of nitrogens with zero attached hydrogens (tertiary/aromatic N) is 4. The van der Waals surface area contributed by atoms with Gasteiger partial charge in [0.15, 0.2) is 0 Å². The van der Waals surface area contributed by atoms with Gasteiger partial charge in [0.1, 0.15) is 29.9 Å². The molecule has 0 saturated carbocycles. The number of pyridine rings is 1. The number of halogens is 3. The van der Waals surface area contributed by atoms with Crippen molar-refractivity contribution in [2.75, 3.05) is 19.7 Å². The number of hydrogen-bond acceptors (Lipinski definition) is 7. The molecule has 2 aliphatic heterocycles. The number of aromatic nitrogens is 3. The third-order valence-corrected chi connectivity index (χ3v) is 8.56. The second-order valence-electron chi connectivity index (χ2n) is 11.3. The van der Waals surface area contributed by atoms with Crippen LogP contribution in [0, 0.1) is 34.7 Å². The van der Waals surface area contributed by atoms with Gasteiger partial charge >= 0.3 is 5.97 Å². The molecule has 3 aromatic carbocycles. The predicted molar refractivity (Wildman–Crippen MR) is 160 cm³/mol. The van der Waals surface area contributed by atoms with Gasteiger partial charge in [0, 0.05) is 42.6 Å². The van der Waals surface area contributed by atoms with Gasteiger partial charge in [-0.05, 0) is 54.1 Å². The molecular weight excluding hydrogens is 599 g/mol. The number of hydrogen-bond donors (Lipinski definition) is 2. The van der Waals surface area contributed by atoms with E-state index < -0.39 is 23.4 Å². The van der Waals surface area contributed by atoms with Crippen LogP contribution < -0.4 is 10.1 Å². The van der Waals surface area contributed by atoms with Crippen molar-refractivity contribution in [2.45, 2.75) is 25.2 Å². The van der Waals surface area contributed by atoms with Crippen LogP contribution in [0.3, 0.4) is 0 Å². The highest BCUT2D eigenvalue weighted by atomic mass is 19.1. The SMILES string of the molecule is N#Cc1ccc(COc2cccc(-c3cc(F)c(Cc4nc5ccc(C(=O)O)cc5n4[C@@H]4CO[C@@H]5CNC[C@H]45)cc3F)n2)c(F)c1. The summed E-state index contributed by atoms with van der Waals surface area (Å²) in [4.78, 5) is 20.8. The number of fused-ring (bicyclic) bond motifs is 2. The molecule has 2 saturated heterocycles. The van der Waals surface area contributed by atoms with Gasteiger partial charge in [-0.25, -0.2) is 27.9 Å². The average molecular weight is 626 g/mol. The van der Waals surface area contributed by atoms with Gasteiger partial charge in [0.2, 0.25) is 5.88 Å². The maximum absolute atomic E-state index is 15.7. The number of carboxylic acid groups (broad SMARTS) is 1. The lowest BCUT2D eigenvalue weighted by molar-refractivity contribution is 0.0697. The fraction of sp³-hybridized carbons (Fsp3) is 0.235. The Hall–Kier alpha value is -5.25. The van der Waals surface area contributed by atoms with Crippen LogP contribution in [0.5, 0.6) is 5.88 Å². The quantitative estimate of drug-likeness (QED) is 0.235. The third kappa shape index (κ3) is 5.44. The summed E-state index contributed by atoms with van der Waals surface area (Å²) in [5.74, 6) is -2.40. The zero-order chi connectivity index (χ0) is 31.9. The molecule has 0 aliphatic carbocycles. The molecule has 46 heavy (non-hydrogen) atoms. The monoisotopic (exact) mass is 625 g/mol. The lowest BCUT2D eigenvalue weighted by Crippen LogP contribution is -2.24. The summed E-state index contributed by atoms with van der Waals surface area (Å²) in [6.07, 6.45) is -0.0458. The van der Waals surface area contributed by atoms with E-state index >= 15 is 8.78 Å². The number of imidazole rings is 1. The standard InChI is InChI=1S/C34H26F3N5O4/c35-24-8-18(13-38)4-5-20(24)16-46-33-3-1-2-27(41-33)22-12-25(36)21(9-26(22)37)11-32-40-28-7-6-19(34(43)44)10-29(28)42(32)30-17-45-31-15-39-14-23(30)31/h1-10,12,23,30-31,39H,11,14-17H2,(H,43,44)/t23-,30-,31-/m1/s1. The summed E-state index contributed by atoms with van der Waals surface area (Å²) in [6, 6.07) is 17.1. The first-order chi connectivity index (χ1) is 22.3. The van der Waals surface area contributed by atoms with E-state index in [1.165, 1.54) is 30.3 Å². The zero-order valence-corrected chi connectivity index (χ0v) is 24.2. The van der Waals surface area contributed by atoms with Crippen LogP contribution in [0.15, 0.2) is 66.7 Å². The predicted octanol–water partition coefficient (Wildman–Crippen LogP) is 5.41. The summed E-state index contributed by atoms with van der Waals surface area (Å²) in [5.41, 5.74) is 1.74. The van der Waals surface area contributed by atoms with Crippen LogP contribution in [0.25, 0.3) is 22.3 Å². The molecule has 2 N–H and O–H groups in total. The molecule has 3 atom stereocenters. The van der Waals surface area contributed by atoms with Crippen molar-refractivity contribution in [1.29, 1.82) is 5.26 Å². The molecule has 232 valence electrons. The number of carbonyl (C=O) groups is 1. The second-order valence-corrected chi connectivity index (χ2v) is 11.3. The molecular formula is C34H26F3N5O4. The molecule has 0 unspecified atom stereocenters. The van der Waals surface area contributed by atoms with Gasteiger partial charge in [-0.1, -0.05) is 12.1 Å². The fourth-order valence-corrected chi connectivity index (χ4v) is 6.24. The van der Waals surface area contributed by atoms with Crippen LogP contribution in [0.4, 0.5) is 13.2 Å². The number of ether oxygens (including phenoxy) is 2. The second kappa shape index (κ2) is 11.9. The van der Waals surface area contributed by atoms with E-state index in [2.05, 4.69) is 10.3 Å². The lowest BCUT2D eigenvalue weighted by atomic mass is 9.99. The van der Waals surface area contributed by atoms with E-state index in [9.17, 15) is 14.3 Å². The number of nitrogens with one attached hydrogen (secondary N) is 1. The lowest BCUT2D eigenvalue weighted by Gasteiger charge is -2.21. The highest BCUT2D eigenvalue weighted by Crippen LogP contribution is 2.38. The Morgan fingerprint density at radius 3 is 2.67 bits per heavy atom. The minimum absolute atomic E-state index is 0.00167. The Balaban J connectivity index is 1.18. The first-order valence-electron chi connectivity index (χ1n) is 14.6. The van der Waals surface area contributed by atoms with Gasteiger partial charge < -0.3 is 24.5 Å². The summed E-state index contributed by atoms with van der Waals surface area (Å²) < 4.78 is 59.1. The Morgan fingerprint density at radius 1 is 1.02 bits per heavy atom. The molecule has 5 aromatic rings. The Kier molecular flexibility index (Phi) is 7.64. The van der Waals surface area contributed by atoms with E-state index in [0.29, 0.717) is 36.6 Å². The minimum atomic E-state index is -1.08. The molecule has 12 heteroatoms. The minimum Gasteiger partial charge on any atom is -0.478 e. The van der Waals surface area contributed by atoms with Gasteiger partial charge in [-0.3, -0.25) is 0 Å². The van der Waals surface area contributed by atoms with Crippen molar-refractivity contribution in [1.82, 2.24) is 19.9 Å². The molecule has 0 spiro atoms. The number of carboxylic acids is 1. The Morgan fingerprint density at radius 2 is 1.87 bits per heavy atom. The summed E-state index contributed by atoms with van der Waals surface area (Å²) in [6.45, 7) is 1.63. The highest BCUT2D eigenvalue weighted by molar-refractivity contribution is 5.92. The molecule has 0 bridgehead atoms. The number of aromatic carboxylic acids is 1. The highest BCUT2D eigenvalue weighted by Gasteiger charge is 2.42. The van der Waals surface area contributed by atoms with Crippen LogP contribution >= 0.6 is 0 Å². The van der Waals surface area contributed by atoms with Crippen molar-refractivity contribution < 1.29 is 32.5 Å². The van der Waals surface area contributed by atoms with Crippen molar-refractivity contribution in [3.05, 3.63) is 112 Å². The fourth-order valence-electron chi connectivity index (χ4n) is 6.24. The average Bonchev–Trinajstić information content (AvgIpc) is 3.77. The normalized spacial score (nSPS) is 18.9. The van der Waals surface area contributed by atoms with Crippen LogP contribution in [0.2, 0.25) is 0 Å². The molecule has 7 rings (SSSR count). The molecule has 0 radical (unpaired) electrons. The van der Waals surface area contributed by atoms with E-state index in [1.807, 2.05) is 10.6 Å². The molecule has 2 fully saturated rings. The van der Waals surface area contributed by atoms with Gasteiger partial charge in [0.25, 0.3) is 0 Å². The van der Waals surface area contributed by atoms with Gasteiger partial charge in [0.05, 0.1) is 52.7 Å². The number of nitriles is 1.